The quantitative estimate of drug-likeness (QED) is 0.714. The van der Waals surface area contributed by atoms with Crippen LogP contribution >= 0.6 is 0 Å². The lowest BCUT2D eigenvalue weighted by molar-refractivity contribution is 0.0689. The van der Waals surface area contributed by atoms with E-state index < -0.39 is 12.1 Å². The first kappa shape index (κ1) is 13.1. The van der Waals surface area contributed by atoms with Gasteiger partial charge >= 0.3 is 12.1 Å². The Morgan fingerprint density at radius 1 is 1.63 bits per heavy atom. The van der Waals surface area contributed by atoms with Crippen LogP contribution in [0.5, 0.6) is 0 Å². The third-order valence-corrected chi connectivity index (χ3v) is 2.99. The van der Waals surface area contributed by atoms with E-state index in [1.54, 1.807) is 0 Å². The van der Waals surface area contributed by atoms with Gasteiger partial charge in [0.2, 0.25) is 0 Å². The van der Waals surface area contributed by atoms with E-state index in [1.165, 1.54) is 6.08 Å². The molecule has 3 N–H and O–H groups in total. The third-order valence-electron chi connectivity index (χ3n) is 2.99. The molecule has 1 aliphatic carbocycles. The standard InChI is InChI=1S/C12H15N3O4/c1-2-6-19-12(18)13-8-5-3-4-7-9(8)14-15-10(7)11(16)17/h2,8H,1,3-6H2,(H,13,18)(H,14,15)(H,16,17). The van der Waals surface area contributed by atoms with Gasteiger partial charge in [-0.25, -0.2) is 9.59 Å². The molecule has 7 nitrogen and oxygen atoms in total. The lowest BCUT2D eigenvalue weighted by Crippen LogP contribution is -2.31. The highest BCUT2D eigenvalue weighted by atomic mass is 16.5. The summed E-state index contributed by atoms with van der Waals surface area (Å²) in [6, 6.07) is -0.290. The number of nitrogens with zero attached hydrogens (tertiary/aromatic N) is 1. The maximum absolute atomic E-state index is 11.5. The summed E-state index contributed by atoms with van der Waals surface area (Å²) >= 11 is 0. The summed E-state index contributed by atoms with van der Waals surface area (Å²) in [5.41, 5.74) is 1.34. The zero-order valence-corrected chi connectivity index (χ0v) is 10.3. The fraction of sp³-hybridized carbons (Fsp3) is 0.417. The minimum atomic E-state index is -1.06. The molecular formula is C12H15N3O4. The van der Waals surface area contributed by atoms with E-state index in [1.807, 2.05) is 0 Å². The predicted octanol–water partition coefficient (Wildman–Crippen LogP) is 1.40. The third kappa shape index (κ3) is 2.75. The van der Waals surface area contributed by atoms with Crippen molar-refractivity contribution in [3.8, 4) is 0 Å². The molecule has 0 aliphatic heterocycles. The number of carbonyl (C=O) groups excluding carboxylic acids is 1. The second-order valence-corrected chi connectivity index (χ2v) is 4.25. The molecule has 102 valence electrons. The van der Waals surface area contributed by atoms with Gasteiger partial charge in [-0.2, -0.15) is 5.10 Å². The summed E-state index contributed by atoms with van der Waals surface area (Å²) in [5, 5.41) is 18.2. The summed E-state index contributed by atoms with van der Waals surface area (Å²) in [6.45, 7) is 3.59. The normalized spacial score (nSPS) is 17.4. The maximum atomic E-state index is 11.5. The van der Waals surface area contributed by atoms with Gasteiger partial charge in [0.25, 0.3) is 0 Å². The number of ether oxygens (including phenoxy) is 1. The molecule has 19 heavy (non-hydrogen) atoms. The number of carbonyl (C=O) groups is 2. The molecular weight excluding hydrogens is 250 g/mol. The Morgan fingerprint density at radius 2 is 2.42 bits per heavy atom. The molecule has 0 spiro atoms. The Morgan fingerprint density at radius 3 is 3.11 bits per heavy atom. The van der Waals surface area contributed by atoms with Crippen molar-refractivity contribution in [1.29, 1.82) is 0 Å². The van der Waals surface area contributed by atoms with Gasteiger partial charge in [-0.15, -0.1) is 0 Å². The fourth-order valence-corrected chi connectivity index (χ4v) is 2.19. The number of H-pyrrole nitrogens is 1. The Kier molecular flexibility index (Phi) is 3.84. The number of aromatic nitrogens is 2. The largest absolute Gasteiger partial charge is 0.476 e. The Labute approximate surface area is 109 Å². The van der Waals surface area contributed by atoms with Crippen molar-refractivity contribution >= 4 is 12.1 Å². The summed E-state index contributed by atoms with van der Waals surface area (Å²) in [6.07, 6.45) is 3.08. The smallest absolute Gasteiger partial charge is 0.407 e. The molecule has 1 unspecified atom stereocenters. The molecule has 1 atom stereocenters. The number of hydrogen-bond acceptors (Lipinski definition) is 4. The number of amides is 1. The SMILES string of the molecule is C=CCOC(=O)NC1CCCc2c(C(=O)O)n[nH]c21. The van der Waals surface area contributed by atoms with Crippen molar-refractivity contribution in [2.45, 2.75) is 25.3 Å². The fourth-order valence-electron chi connectivity index (χ4n) is 2.19. The number of aromatic amines is 1. The van der Waals surface area contributed by atoms with Crippen molar-refractivity contribution < 1.29 is 19.4 Å². The molecule has 7 heteroatoms. The van der Waals surface area contributed by atoms with E-state index in [2.05, 4.69) is 22.1 Å². The number of alkyl carbamates (subject to hydrolysis) is 1. The highest BCUT2D eigenvalue weighted by molar-refractivity contribution is 5.87. The van der Waals surface area contributed by atoms with Crippen LogP contribution in [-0.2, 0) is 11.2 Å². The average Bonchev–Trinajstić information content (AvgIpc) is 2.81. The van der Waals surface area contributed by atoms with Crippen LogP contribution in [0, 0.1) is 0 Å². The molecule has 1 aromatic heterocycles. The number of aromatic carboxylic acids is 1. The molecule has 1 aliphatic rings. The van der Waals surface area contributed by atoms with Gasteiger partial charge in [0.15, 0.2) is 5.69 Å². The van der Waals surface area contributed by atoms with E-state index in [-0.39, 0.29) is 18.3 Å². The molecule has 0 bridgehead atoms. The van der Waals surface area contributed by atoms with Crippen molar-refractivity contribution in [3.05, 3.63) is 29.6 Å². The highest BCUT2D eigenvalue weighted by Crippen LogP contribution is 2.30. The van der Waals surface area contributed by atoms with Crippen LogP contribution in [0.3, 0.4) is 0 Å². The van der Waals surface area contributed by atoms with Gasteiger partial charge in [-0.3, -0.25) is 5.10 Å². The zero-order chi connectivity index (χ0) is 13.8. The van der Waals surface area contributed by atoms with Gasteiger partial charge in [0, 0.05) is 5.56 Å². The second kappa shape index (κ2) is 5.55. The van der Waals surface area contributed by atoms with Crippen molar-refractivity contribution in [1.82, 2.24) is 15.5 Å². The number of carboxylic acid groups (broad SMARTS) is 1. The van der Waals surface area contributed by atoms with E-state index in [9.17, 15) is 9.59 Å². The van der Waals surface area contributed by atoms with Crippen LogP contribution in [0.4, 0.5) is 4.79 Å². The lowest BCUT2D eigenvalue weighted by atomic mass is 9.92. The monoisotopic (exact) mass is 265 g/mol. The Bertz CT molecular complexity index is 509. The van der Waals surface area contributed by atoms with Gasteiger partial charge < -0.3 is 15.2 Å². The number of carboxylic acids is 1. The first-order valence-corrected chi connectivity index (χ1v) is 5.98. The number of fused-ring (bicyclic) bond motifs is 1. The average molecular weight is 265 g/mol. The van der Waals surface area contributed by atoms with Crippen LogP contribution in [-0.4, -0.2) is 34.0 Å². The van der Waals surface area contributed by atoms with Crippen LogP contribution in [0.1, 0.15) is 40.6 Å². The van der Waals surface area contributed by atoms with Crippen molar-refractivity contribution in [2.24, 2.45) is 0 Å². The highest BCUT2D eigenvalue weighted by Gasteiger charge is 2.29. The van der Waals surface area contributed by atoms with Crippen LogP contribution in [0.25, 0.3) is 0 Å². The predicted molar refractivity (Wildman–Crippen MR) is 65.9 cm³/mol. The van der Waals surface area contributed by atoms with E-state index >= 15 is 0 Å². The van der Waals surface area contributed by atoms with Crippen molar-refractivity contribution in [3.63, 3.8) is 0 Å². The van der Waals surface area contributed by atoms with E-state index in [0.717, 1.165) is 12.8 Å². The van der Waals surface area contributed by atoms with E-state index in [4.69, 9.17) is 9.84 Å². The minimum absolute atomic E-state index is 0.0287. The summed E-state index contributed by atoms with van der Waals surface area (Å²) in [7, 11) is 0. The number of nitrogens with one attached hydrogen (secondary N) is 2. The molecule has 1 amide bonds. The maximum Gasteiger partial charge on any atom is 0.407 e. The Hall–Kier alpha value is -2.31. The molecule has 2 rings (SSSR count). The zero-order valence-electron chi connectivity index (χ0n) is 10.3. The van der Waals surface area contributed by atoms with Gasteiger partial charge in [0.05, 0.1) is 11.7 Å². The van der Waals surface area contributed by atoms with Crippen LogP contribution in [0.15, 0.2) is 12.7 Å². The summed E-state index contributed by atoms with van der Waals surface area (Å²) < 4.78 is 4.84. The summed E-state index contributed by atoms with van der Waals surface area (Å²) in [4.78, 5) is 22.5. The molecule has 0 saturated heterocycles. The van der Waals surface area contributed by atoms with Gasteiger partial charge in [-0.1, -0.05) is 12.7 Å². The molecule has 0 fully saturated rings. The van der Waals surface area contributed by atoms with Gasteiger partial charge in [0.1, 0.15) is 6.61 Å². The minimum Gasteiger partial charge on any atom is -0.476 e. The molecule has 0 aromatic carbocycles. The lowest BCUT2D eigenvalue weighted by Gasteiger charge is -2.22. The molecule has 1 heterocycles. The first-order valence-electron chi connectivity index (χ1n) is 5.98. The number of rotatable bonds is 4. The topological polar surface area (TPSA) is 104 Å². The molecule has 0 saturated carbocycles. The van der Waals surface area contributed by atoms with E-state index in [0.29, 0.717) is 17.7 Å². The van der Waals surface area contributed by atoms with Crippen LogP contribution in [0.2, 0.25) is 0 Å². The molecule has 0 radical (unpaired) electrons. The van der Waals surface area contributed by atoms with Gasteiger partial charge in [-0.05, 0) is 19.3 Å². The van der Waals surface area contributed by atoms with Crippen molar-refractivity contribution in [2.75, 3.05) is 6.61 Å². The summed E-state index contributed by atoms with van der Waals surface area (Å²) in [5.74, 6) is -1.06. The number of hydrogen-bond donors (Lipinski definition) is 3. The first-order chi connectivity index (χ1) is 9.13. The van der Waals surface area contributed by atoms with Crippen LogP contribution < -0.4 is 5.32 Å². The Balaban J connectivity index is 2.12. The molecule has 1 aromatic rings. The second-order valence-electron chi connectivity index (χ2n) is 4.25.